The predicted molar refractivity (Wildman–Crippen MR) is 83.4 cm³/mol. The van der Waals surface area contributed by atoms with Gasteiger partial charge in [-0.15, -0.1) is 11.3 Å². The van der Waals surface area contributed by atoms with Crippen LogP contribution in [0.15, 0.2) is 17.6 Å². The highest BCUT2D eigenvalue weighted by molar-refractivity contribution is 7.16. The molecule has 0 unspecified atom stereocenters. The first-order valence-electron chi connectivity index (χ1n) is 6.78. The third-order valence-corrected chi connectivity index (χ3v) is 4.94. The Morgan fingerprint density at radius 3 is 2.95 bits per heavy atom. The molecule has 2 aromatic rings. The van der Waals surface area contributed by atoms with Crippen LogP contribution >= 0.6 is 22.9 Å². The molecule has 0 atom stereocenters. The van der Waals surface area contributed by atoms with Gasteiger partial charge in [0.15, 0.2) is 0 Å². The van der Waals surface area contributed by atoms with Gasteiger partial charge in [-0.3, -0.25) is 0 Å². The largest absolute Gasteiger partial charge is 0.379 e. The number of thiazole rings is 1. The summed E-state index contributed by atoms with van der Waals surface area (Å²) in [4.78, 5) is 6.93. The minimum atomic E-state index is 0.507. The lowest BCUT2D eigenvalue weighted by molar-refractivity contribution is 0.229. The van der Waals surface area contributed by atoms with E-state index in [1.165, 1.54) is 30.6 Å². The van der Waals surface area contributed by atoms with Gasteiger partial charge in [-0.1, -0.05) is 18.5 Å². The molecule has 102 valence electrons. The molecule has 1 N–H and O–H groups in total. The number of fused-ring (bicyclic) bond motifs is 1. The number of hydrogen-bond donors (Lipinski definition) is 1. The van der Waals surface area contributed by atoms with Gasteiger partial charge in [-0.05, 0) is 31.5 Å². The van der Waals surface area contributed by atoms with Crippen LogP contribution in [0.5, 0.6) is 0 Å². The third-order valence-electron chi connectivity index (χ3n) is 3.83. The van der Waals surface area contributed by atoms with E-state index < -0.39 is 0 Å². The second-order valence-corrected chi connectivity index (χ2v) is 6.27. The maximum atomic E-state index is 6.33. The minimum absolute atomic E-state index is 0.507. The van der Waals surface area contributed by atoms with E-state index in [-0.39, 0.29) is 0 Å². The zero-order valence-corrected chi connectivity index (χ0v) is 12.6. The molecule has 0 saturated carbocycles. The first-order chi connectivity index (χ1) is 9.28. The average Bonchev–Trinajstić information content (AvgIpc) is 2.91. The molecule has 0 spiro atoms. The van der Waals surface area contributed by atoms with E-state index in [0.717, 1.165) is 22.8 Å². The van der Waals surface area contributed by atoms with Crippen LogP contribution in [0.1, 0.15) is 19.8 Å². The van der Waals surface area contributed by atoms with Crippen LogP contribution in [-0.4, -0.2) is 35.6 Å². The summed E-state index contributed by atoms with van der Waals surface area (Å²) in [5.74, 6) is 0. The Bertz CT molecular complexity index is 561. The van der Waals surface area contributed by atoms with E-state index >= 15 is 0 Å². The van der Waals surface area contributed by atoms with Crippen LogP contribution in [0.2, 0.25) is 5.02 Å². The Morgan fingerprint density at radius 2 is 2.21 bits per heavy atom. The quantitative estimate of drug-likeness (QED) is 0.932. The molecule has 1 fully saturated rings. The molecular formula is C14H18ClN3S. The summed E-state index contributed by atoms with van der Waals surface area (Å²) in [6.45, 7) is 5.70. The summed E-state index contributed by atoms with van der Waals surface area (Å²) in [5, 5.41) is 4.38. The van der Waals surface area contributed by atoms with Crippen molar-refractivity contribution < 1.29 is 0 Å². The Balaban J connectivity index is 1.78. The summed E-state index contributed by atoms with van der Waals surface area (Å²) in [5.41, 5.74) is 3.90. The lowest BCUT2D eigenvalue weighted by atomic mass is 10.0. The smallest absolute Gasteiger partial charge is 0.106 e. The first kappa shape index (κ1) is 13.2. The lowest BCUT2D eigenvalue weighted by Crippen LogP contribution is -2.38. The Hall–Kier alpha value is -0.840. The van der Waals surface area contributed by atoms with E-state index in [1.54, 1.807) is 11.3 Å². The van der Waals surface area contributed by atoms with E-state index in [1.807, 2.05) is 17.6 Å². The minimum Gasteiger partial charge on any atom is -0.379 e. The van der Waals surface area contributed by atoms with Gasteiger partial charge in [-0.25, -0.2) is 4.98 Å². The highest BCUT2D eigenvalue weighted by atomic mass is 35.5. The van der Waals surface area contributed by atoms with E-state index in [9.17, 15) is 0 Å². The molecule has 1 aliphatic rings. The predicted octanol–water partition coefficient (Wildman–Crippen LogP) is 3.85. The Kier molecular flexibility index (Phi) is 3.91. The molecule has 2 heterocycles. The summed E-state index contributed by atoms with van der Waals surface area (Å²) in [7, 11) is 0. The zero-order chi connectivity index (χ0) is 13.2. The Morgan fingerprint density at radius 1 is 1.42 bits per heavy atom. The standard InChI is InChI=1S/C14H18ClN3S/c1-2-18-7-5-10(6-8-18)17-13-11(15)3-4-12-14(13)16-9-19-12/h3-4,9-10,17H,2,5-8H2,1H3. The van der Waals surface area contributed by atoms with Gasteiger partial charge < -0.3 is 10.2 Å². The van der Waals surface area contributed by atoms with Crippen LogP contribution in [0.3, 0.4) is 0 Å². The van der Waals surface area contributed by atoms with Crippen molar-refractivity contribution in [2.45, 2.75) is 25.8 Å². The topological polar surface area (TPSA) is 28.2 Å². The fraction of sp³-hybridized carbons (Fsp3) is 0.500. The van der Waals surface area contributed by atoms with Gasteiger partial charge >= 0.3 is 0 Å². The third kappa shape index (κ3) is 2.71. The van der Waals surface area contributed by atoms with Gasteiger partial charge in [0.1, 0.15) is 5.52 Å². The summed E-state index contributed by atoms with van der Waals surface area (Å²) in [6, 6.07) is 4.51. The van der Waals surface area contributed by atoms with Crippen molar-refractivity contribution >= 4 is 38.8 Å². The van der Waals surface area contributed by atoms with E-state index in [0.29, 0.717) is 6.04 Å². The maximum absolute atomic E-state index is 6.33. The van der Waals surface area contributed by atoms with Gasteiger partial charge in [0.05, 0.1) is 20.9 Å². The second-order valence-electron chi connectivity index (χ2n) is 4.97. The summed E-state index contributed by atoms with van der Waals surface area (Å²) < 4.78 is 1.19. The number of rotatable bonds is 3. The van der Waals surface area contributed by atoms with Crippen molar-refractivity contribution in [3.8, 4) is 0 Å². The normalized spacial score (nSPS) is 18.0. The number of halogens is 1. The summed E-state index contributed by atoms with van der Waals surface area (Å²) in [6.07, 6.45) is 2.34. The molecule has 3 nitrogen and oxygen atoms in total. The SMILES string of the molecule is CCN1CCC(Nc2c(Cl)ccc3scnc23)CC1. The molecule has 5 heteroatoms. The van der Waals surface area contributed by atoms with Crippen LogP contribution < -0.4 is 5.32 Å². The van der Waals surface area contributed by atoms with Crippen molar-refractivity contribution in [1.29, 1.82) is 0 Å². The lowest BCUT2D eigenvalue weighted by Gasteiger charge is -2.32. The van der Waals surface area contributed by atoms with Crippen LogP contribution in [0, 0.1) is 0 Å². The van der Waals surface area contributed by atoms with Crippen LogP contribution in [-0.2, 0) is 0 Å². The summed E-state index contributed by atoms with van der Waals surface area (Å²) >= 11 is 7.99. The number of nitrogens with zero attached hydrogens (tertiary/aromatic N) is 2. The fourth-order valence-electron chi connectivity index (χ4n) is 2.64. The number of benzene rings is 1. The fourth-order valence-corrected chi connectivity index (χ4v) is 3.53. The van der Waals surface area contributed by atoms with Gasteiger partial charge in [0, 0.05) is 19.1 Å². The molecule has 1 aromatic heterocycles. The molecule has 0 bridgehead atoms. The van der Waals surface area contributed by atoms with E-state index in [2.05, 4.69) is 22.1 Å². The van der Waals surface area contributed by atoms with Crippen LogP contribution in [0.25, 0.3) is 10.2 Å². The molecule has 0 aliphatic carbocycles. The number of anilines is 1. The first-order valence-corrected chi connectivity index (χ1v) is 8.04. The Labute approximate surface area is 122 Å². The average molecular weight is 296 g/mol. The number of likely N-dealkylation sites (tertiary alicyclic amines) is 1. The van der Waals surface area contributed by atoms with Crippen molar-refractivity contribution in [2.75, 3.05) is 25.0 Å². The molecule has 1 aliphatic heterocycles. The van der Waals surface area contributed by atoms with Gasteiger partial charge in [0.25, 0.3) is 0 Å². The van der Waals surface area contributed by atoms with Crippen molar-refractivity contribution in [1.82, 2.24) is 9.88 Å². The van der Waals surface area contributed by atoms with Crippen molar-refractivity contribution in [2.24, 2.45) is 0 Å². The molecule has 0 amide bonds. The van der Waals surface area contributed by atoms with E-state index in [4.69, 9.17) is 11.6 Å². The monoisotopic (exact) mass is 295 g/mol. The molecule has 1 aromatic carbocycles. The van der Waals surface area contributed by atoms with Gasteiger partial charge in [0.2, 0.25) is 0 Å². The maximum Gasteiger partial charge on any atom is 0.106 e. The number of hydrogen-bond acceptors (Lipinski definition) is 4. The highest BCUT2D eigenvalue weighted by Crippen LogP contribution is 2.33. The van der Waals surface area contributed by atoms with Gasteiger partial charge in [-0.2, -0.15) is 0 Å². The van der Waals surface area contributed by atoms with Crippen LogP contribution in [0.4, 0.5) is 5.69 Å². The van der Waals surface area contributed by atoms with Crippen molar-refractivity contribution in [3.05, 3.63) is 22.7 Å². The van der Waals surface area contributed by atoms with Crippen molar-refractivity contribution in [3.63, 3.8) is 0 Å². The molecule has 19 heavy (non-hydrogen) atoms. The zero-order valence-electron chi connectivity index (χ0n) is 11.0. The number of aromatic nitrogens is 1. The second kappa shape index (κ2) is 5.65. The number of piperidine rings is 1. The molecule has 3 rings (SSSR count). The highest BCUT2D eigenvalue weighted by Gasteiger charge is 2.19. The molecule has 0 radical (unpaired) electrons. The number of nitrogens with one attached hydrogen (secondary N) is 1. The molecular weight excluding hydrogens is 278 g/mol. The molecule has 1 saturated heterocycles.